The summed E-state index contributed by atoms with van der Waals surface area (Å²) in [6, 6.07) is -0.158. The number of carbonyl (C=O) groups is 2. The van der Waals surface area contributed by atoms with Gasteiger partial charge in [-0.1, -0.05) is 0 Å². The molecular formula is C11H21ClN2O3. The molecular weight excluding hydrogens is 244 g/mol. The Hall–Kier alpha value is -0.810. The van der Waals surface area contributed by atoms with Gasteiger partial charge < -0.3 is 15.4 Å². The molecule has 1 heterocycles. The molecule has 17 heavy (non-hydrogen) atoms. The minimum Gasteiger partial charge on any atom is -0.469 e. The lowest BCUT2D eigenvalue weighted by Gasteiger charge is -2.14. The summed E-state index contributed by atoms with van der Waals surface area (Å²) < 4.78 is 4.54. The maximum atomic E-state index is 11.6. The van der Waals surface area contributed by atoms with Crippen LogP contribution in [0.15, 0.2) is 0 Å². The Morgan fingerprint density at radius 3 is 2.76 bits per heavy atom. The van der Waals surface area contributed by atoms with Crippen molar-refractivity contribution in [1.82, 2.24) is 10.6 Å². The third kappa shape index (κ3) is 6.48. The van der Waals surface area contributed by atoms with Gasteiger partial charge in [-0.15, -0.1) is 12.4 Å². The van der Waals surface area contributed by atoms with Crippen LogP contribution in [0, 0.1) is 5.92 Å². The lowest BCUT2D eigenvalue weighted by molar-refractivity contribution is -0.141. The van der Waals surface area contributed by atoms with Crippen molar-refractivity contribution in [2.45, 2.75) is 32.2 Å². The van der Waals surface area contributed by atoms with Crippen LogP contribution in [0.3, 0.4) is 0 Å². The van der Waals surface area contributed by atoms with E-state index in [1.165, 1.54) is 7.11 Å². The van der Waals surface area contributed by atoms with E-state index in [0.717, 1.165) is 19.5 Å². The Kier molecular flexibility index (Phi) is 7.91. The van der Waals surface area contributed by atoms with Gasteiger partial charge in [0.1, 0.15) is 0 Å². The third-order valence-corrected chi connectivity index (χ3v) is 2.74. The van der Waals surface area contributed by atoms with Crippen LogP contribution in [0.25, 0.3) is 0 Å². The van der Waals surface area contributed by atoms with Gasteiger partial charge in [-0.05, 0) is 32.4 Å². The Balaban J connectivity index is 0.00000256. The number of ether oxygens (including phenoxy) is 1. The summed E-state index contributed by atoms with van der Waals surface area (Å²) in [5.74, 6) is 0.158. The van der Waals surface area contributed by atoms with Gasteiger partial charge in [0.05, 0.1) is 13.5 Å². The van der Waals surface area contributed by atoms with Crippen LogP contribution in [0.5, 0.6) is 0 Å². The SMILES string of the molecule is COC(=O)CC(C)NC(=O)CC1CCNC1.Cl. The number of nitrogens with one attached hydrogen (secondary N) is 2. The normalized spacial score (nSPS) is 20.2. The van der Waals surface area contributed by atoms with Crippen LogP contribution in [0.2, 0.25) is 0 Å². The molecule has 2 unspecified atom stereocenters. The fourth-order valence-electron chi connectivity index (χ4n) is 1.87. The summed E-state index contributed by atoms with van der Waals surface area (Å²) in [6.45, 7) is 3.72. The lowest BCUT2D eigenvalue weighted by atomic mass is 10.0. The van der Waals surface area contributed by atoms with Gasteiger partial charge in [-0.2, -0.15) is 0 Å². The molecule has 1 aliphatic rings. The molecule has 0 saturated carbocycles. The van der Waals surface area contributed by atoms with Gasteiger partial charge in [0.2, 0.25) is 5.91 Å². The first-order valence-electron chi connectivity index (χ1n) is 5.68. The maximum absolute atomic E-state index is 11.6. The first kappa shape index (κ1) is 16.2. The smallest absolute Gasteiger partial charge is 0.307 e. The van der Waals surface area contributed by atoms with Crippen LogP contribution in [0.1, 0.15) is 26.2 Å². The number of hydrogen-bond donors (Lipinski definition) is 2. The molecule has 0 radical (unpaired) electrons. The van der Waals surface area contributed by atoms with E-state index >= 15 is 0 Å². The van der Waals surface area contributed by atoms with E-state index in [9.17, 15) is 9.59 Å². The van der Waals surface area contributed by atoms with Crippen molar-refractivity contribution >= 4 is 24.3 Å². The molecule has 0 aromatic rings. The molecule has 0 aromatic heterocycles. The number of carbonyl (C=O) groups excluding carboxylic acids is 2. The molecule has 5 nitrogen and oxygen atoms in total. The van der Waals surface area contributed by atoms with Crippen molar-refractivity contribution in [3.63, 3.8) is 0 Å². The van der Waals surface area contributed by atoms with E-state index in [0.29, 0.717) is 12.3 Å². The summed E-state index contributed by atoms with van der Waals surface area (Å²) in [7, 11) is 1.35. The number of amides is 1. The van der Waals surface area contributed by atoms with E-state index in [2.05, 4.69) is 15.4 Å². The monoisotopic (exact) mass is 264 g/mol. The molecule has 0 aromatic carbocycles. The first-order chi connectivity index (χ1) is 7.61. The molecule has 6 heteroatoms. The Labute approximate surface area is 108 Å². The highest BCUT2D eigenvalue weighted by Crippen LogP contribution is 2.11. The van der Waals surface area contributed by atoms with E-state index in [-0.39, 0.29) is 36.7 Å². The topological polar surface area (TPSA) is 67.4 Å². The van der Waals surface area contributed by atoms with Crippen LogP contribution in [0.4, 0.5) is 0 Å². The van der Waals surface area contributed by atoms with Gasteiger partial charge in [-0.25, -0.2) is 0 Å². The Morgan fingerprint density at radius 2 is 2.24 bits per heavy atom. The minimum absolute atomic E-state index is 0. The summed E-state index contributed by atoms with van der Waals surface area (Å²) >= 11 is 0. The molecule has 100 valence electrons. The van der Waals surface area contributed by atoms with Gasteiger partial charge >= 0.3 is 5.97 Å². The molecule has 2 atom stereocenters. The summed E-state index contributed by atoms with van der Waals surface area (Å²) in [6.07, 6.45) is 1.82. The quantitative estimate of drug-likeness (QED) is 0.709. The highest BCUT2D eigenvalue weighted by atomic mass is 35.5. The molecule has 2 N–H and O–H groups in total. The fourth-order valence-corrected chi connectivity index (χ4v) is 1.87. The fraction of sp³-hybridized carbons (Fsp3) is 0.818. The van der Waals surface area contributed by atoms with Crippen LogP contribution >= 0.6 is 12.4 Å². The second-order valence-corrected chi connectivity index (χ2v) is 4.31. The van der Waals surface area contributed by atoms with E-state index < -0.39 is 0 Å². The standard InChI is InChI=1S/C11H20N2O3.ClH/c1-8(5-11(15)16-2)13-10(14)6-9-3-4-12-7-9;/h8-9,12H,3-7H2,1-2H3,(H,13,14);1H. The molecule has 1 saturated heterocycles. The second-order valence-electron chi connectivity index (χ2n) is 4.31. The van der Waals surface area contributed by atoms with Crippen molar-refractivity contribution in [1.29, 1.82) is 0 Å². The summed E-state index contributed by atoms with van der Waals surface area (Å²) in [4.78, 5) is 22.6. The molecule has 0 spiro atoms. The number of esters is 1. The molecule has 1 aliphatic heterocycles. The predicted octanol–water partition coefficient (Wildman–Crippen LogP) is 0.476. The molecule has 1 rings (SSSR count). The number of methoxy groups -OCH3 is 1. The zero-order valence-corrected chi connectivity index (χ0v) is 11.1. The lowest BCUT2D eigenvalue weighted by Crippen LogP contribution is -2.35. The number of hydrogen-bond acceptors (Lipinski definition) is 4. The van der Waals surface area contributed by atoms with Gasteiger partial charge in [-0.3, -0.25) is 9.59 Å². The first-order valence-corrected chi connectivity index (χ1v) is 5.68. The van der Waals surface area contributed by atoms with Crippen molar-refractivity contribution in [2.75, 3.05) is 20.2 Å². The average molecular weight is 265 g/mol. The van der Waals surface area contributed by atoms with E-state index in [1.54, 1.807) is 0 Å². The summed E-state index contributed by atoms with van der Waals surface area (Å²) in [5, 5.41) is 6.02. The third-order valence-electron chi connectivity index (χ3n) is 2.74. The zero-order valence-electron chi connectivity index (χ0n) is 10.3. The van der Waals surface area contributed by atoms with Crippen LogP contribution in [-0.2, 0) is 14.3 Å². The zero-order chi connectivity index (χ0) is 12.0. The Bertz CT molecular complexity index is 255. The van der Waals surface area contributed by atoms with Crippen molar-refractivity contribution in [3.05, 3.63) is 0 Å². The molecule has 1 amide bonds. The van der Waals surface area contributed by atoms with E-state index in [4.69, 9.17) is 0 Å². The van der Waals surface area contributed by atoms with Crippen LogP contribution in [-0.4, -0.2) is 38.1 Å². The van der Waals surface area contributed by atoms with Gasteiger partial charge in [0.15, 0.2) is 0 Å². The largest absolute Gasteiger partial charge is 0.469 e. The maximum Gasteiger partial charge on any atom is 0.307 e. The molecule has 1 fully saturated rings. The summed E-state index contributed by atoms with van der Waals surface area (Å²) in [5.41, 5.74) is 0. The molecule has 0 aliphatic carbocycles. The predicted molar refractivity (Wildman–Crippen MR) is 67.1 cm³/mol. The second kappa shape index (κ2) is 8.31. The van der Waals surface area contributed by atoms with Crippen molar-refractivity contribution in [2.24, 2.45) is 5.92 Å². The number of halogens is 1. The molecule has 0 bridgehead atoms. The Morgan fingerprint density at radius 1 is 1.53 bits per heavy atom. The number of rotatable bonds is 5. The minimum atomic E-state index is -0.296. The highest BCUT2D eigenvalue weighted by Gasteiger charge is 2.19. The van der Waals surface area contributed by atoms with Gasteiger partial charge in [0.25, 0.3) is 0 Å². The van der Waals surface area contributed by atoms with Crippen molar-refractivity contribution in [3.8, 4) is 0 Å². The van der Waals surface area contributed by atoms with Crippen molar-refractivity contribution < 1.29 is 14.3 Å². The van der Waals surface area contributed by atoms with E-state index in [1.807, 2.05) is 6.92 Å². The van der Waals surface area contributed by atoms with Crippen LogP contribution < -0.4 is 10.6 Å². The average Bonchev–Trinajstić information content (AvgIpc) is 2.69. The van der Waals surface area contributed by atoms with Gasteiger partial charge in [0, 0.05) is 12.5 Å². The highest BCUT2D eigenvalue weighted by molar-refractivity contribution is 5.85.